The highest BCUT2D eigenvalue weighted by Crippen LogP contribution is 2.30. The van der Waals surface area contributed by atoms with E-state index in [1.54, 1.807) is 0 Å². The van der Waals surface area contributed by atoms with Gasteiger partial charge in [0.15, 0.2) is 0 Å². The molecule has 1 heterocycles. The Morgan fingerprint density at radius 3 is 2.95 bits per heavy atom. The largest absolute Gasteiger partial charge is 0.494 e. The van der Waals surface area contributed by atoms with Crippen molar-refractivity contribution in [3.63, 3.8) is 0 Å². The van der Waals surface area contributed by atoms with Crippen molar-refractivity contribution in [2.75, 3.05) is 32.8 Å². The molecule has 4 nitrogen and oxygen atoms in total. The molecule has 1 aliphatic rings. The number of ether oxygens (including phenoxy) is 2. The van der Waals surface area contributed by atoms with E-state index in [2.05, 4.69) is 36.9 Å². The molecular formula is C16H26N2O2. The molecule has 2 rings (SSSR count). The van der Waals surface area contributed by atoms with Gasteiger partial charge in [0.2, 0.25) is 0 Å². The van der Waals surface area contributed by atoms with Crippen LogP contribution in [0, 0.1) is 0 Å². The summed E-state index contributed by atoms with van der Waals surface area (Å²) < 4.78 is 11.6. The minimum atomic E-state index is 0.0603. The molecule has 0 saturated carbocycles. The van der Waals surface area contributed by atoms with E-state index in [4.69, 9.17) is 15.2 Å². The van der Waals surface area contributed by atoms with Crippen LogP contribution in [0.3, 0.4) is 0 Å². The molecule has 20 heavy (non-hydrogen) atoms. The Morgan fingerprint density at radius 2 is 2.25 bits per heavy atom. The molecule has 0 aromatic heterocycles. The fraction of sp³-hybridized carbons (Fsp3) is 0.625. The van der Waals surface area contributed by atoms with Gasteiger partial charge in [-0.2, -0.15) is 0 Å². The van der Waals surface area contributed by atoms with Crippen LogP contribution in [0.25, 0.3) is 0 Å². The lowest BCUT2D eigenvalue weighted by atomic mass is 9.97. The zero-order chi connectivity index (χ0) is 14.4. The van der Waals surface area contributed by atoms with Crippen LogP contribution < -0.4 is 10.5 Å². The van der Waals surface area contributed by atoms with E-state index in [0.717, 1.165) is 38.5 Å². The highest BCUT2D eigenvalue weighted by Gasteiger charge is 2.31. The summed E-state index contributed by atoms with van der Waals surface area (Å²) in [5.41, 5.74) is 7.12. The summed E-state index contributed by atoms with van der Waals surface area (Å²) in [5.74, 6) is 0.932. The topological polar surface area (TPSA) is 47.7 Å². The van der Waals surface area contributed by atoms with Gasteiger partial charge in [-0.15, -0.1) is 0 Å². The molecule has 2 atom stereocenters. The first-order valence-corrected chi connectivity index (χ1v) is 7.58. The SMILES string of the molecule is CCCOc1cccc(C2C(CN)OCCN2CC)c1. The van der Waals surface area contributed by atoms with Crippen LogP contribution in [-0.2, 0) is 4.74 Å². The van der Waals surface area contributed by atoms with Crippen LogP contribution in [0.2, 0.25) is 0 Å². The van der Waals surface area contributed by atoms with E-state index in [1.165, 1.54) is 5.56 Å². The molecule has 0 aliphatic carbocycles. The Bertz CT molecular complexity index is 399. The fourth-order valence-corrected chi connectivity index (χ4v) is 2.77. The van der Waals surface area contributed by atoms with Crippen molar-refractivity contribution in [3.8, 4) is 5.75 Å². The monoisotopic (exact) mass is 278 g/mol. The third-order valence-electron chi connectivity index (χ3n) is 3.77. The average Bonchev–Trinajstić information content (AvgIpc) is 2.52. The van der Waals surface area contributed by atoms with Crippen LogP contribution in [0.1, 0.15) is 31.9 Å². The Morgan fingerprint density at radius 1 is 1.40 bits per heavy atom. The smallest absolute Gasteiger partial charge is 0.119 e. The molecule has 0 bridgehead atoms. The van der Waals surface area contributed by atoms with E-state index in [9.17, 15) is 0 Å². The van der Waals surface area contributed by atoms with Gasteiger partial charge in [-0.1, -0.05) is 26.0 Å². The van der Waals surface area contributed by atoms with Crippen molar-refractivity contribution in [2.24, 2.45) is 5.73 Å². The van der Waals surface area contributed by atoms with Gasteiger partial charge >= 0.3 is 0 Å². The molecule has 1 aliphatic heterocycles. The first kappa shape index (κ1) is 15.3. The first-order valence-electron chi connectivity index (χ1n) is 7.58. The van der Waals surface area contributed by atoms with Crippen LogP contribution in [-0.4, -0.2) is 43.9 Å². The molecule has 4 heteroatoms. The lowest BCUT2D eigenvalue weighted by molar-refractivity contribution is -0.0658. The van der Waals surface area contributed by atoms with E-state index in [1.807, 2.05) is 6.07 Å². The molecule has 2 unspecified atom stereocenters. The average molecular weight is 278 g/mol. The third kappa shape index (κ3) is 3.51. The summed E-state index contributed by atoms with van der Waals surface area (Å²) in [6.45, 7) is 8.32. The number of rotatable bonds is 6. The second kappa shape index (κ2) is 7.62. The molecule has 1 aromatic carbocycles. The van der Waals surface area contributed by atoms with Gasteiger partial charge < -0.3 is 15.2 Å². The maximum Gasteiger partial charge on any atom is 0.119 e. The molecule has 0 radical (unpaired) electrons. The molecule has 0 spiro atoms. The van der Waals surface area contributed by atoms with Gasteiger partial charge in [-0.25, -0.2) is 0 Å². The third-order valence-corrected chi connectivity index (χ3v) is 3.77. The molecule has 2 N–H and O–H groups in total. The van der Waals surface area contributed by atoms with Crippen LogP contribution in [0.15, 0.2) is 24.3 Å². The van der Waals surface area contributed by atoms with Crippen LogP contribution >= 0.6 is 0 Å². The normalized spacial score (nSPS) is 23.8. The van der Waals surface area contributed by atoms with Crippen molar-refractivity contribution in [3.05, 3.63) is 29.8 Å². The zero-order valence-electron chi connectivity index (χ0n) is 12.5. The summed E-state index contributed by atoms with van der Waals surface area (Å²) >= 11 is 0. The first-order chi connectivity index (χ1) is 9.80. The maximum atomic E-state index is 5.88. The molecule has 1 fully saturated rings. The van der Waals surface area contributed by atoms with Gasteiger partial charge in [0.1, 0.15) is 5.75 Å². The van der Waals surface area contributed by atoms with Crippen LogP contribution in [0.4, 0.5) is 0 Å². The van der Waals surface area contributed by atoms with Gasteiger partial charge in [-0.05, 0) is 30.7 Å². The standard InChI is InChI=1S/C16H26N2O2/c1-3-9-19-14-7-5-6-13(11-14)16-15(12-17)20-10-8-18(16)4-2/h5-7,11,15-16H,3-4,8-10,12,17H2,1-2H3. The number of nitrogens with zero attached hydrogens (tertiary/aromatic N) is 1. The quantitative estimate of drug-likeness (QED) is 0.866. The van der Waals surface area contributed by atoms with Gasteiger partial charge in [0.25, 0.3) is 0 Å². The van der Waals surface area contributed by atoms with Crippen molar-refractivity contribution < 1.29 is 9.47 Å². The number of hydrogen-bond acceptors (Lipinski definition) is 4. The van der Waals surface area contributed by atoms with Crippen molar-refractivity contribution in [2.45, 2.75) is 32.4 Å². The molecule has 1 aromatic rings. The summed E-state index contributed by atoms with van der Waals surface area (Å²) in [6.07, 6.45) is 1.08. The van der Waals surface area contributed by atoms with E-state index in [-0.39, 0.29) is 12.1 Å². The molecular weight excluding hydrogens is 252 g/mol. The second-order valence-corrected chi connectivity index (χ2v) is 5.14. The molecule has 1 saturated heterocycles. The van der Waals surface area contributed by atoms with Crippen LogP contribution in [0.5, 0.6) is 5.75 Å². The lowest BCUT2D eigenvalue weighted by Gasteiger charge is -2.40. The van der Waals surface area contributed by atoms with Crippen molar-refractivity contribution in [1.29, 1.82) is 0 Å². The Kier molecular flexibility index (Phi) is 5.83. The van der Waals surface area contributed by atoms with E-state index >= 15 is 0 Å². The number of hydrogen-bond donors (Lipinski definition) is 1. The van der Waals surface area contributed by atoms with Crippen molar-refractivity contribution >= 4 is 0 Å². The summed E-state index contributed by atoms with van der Waals surface area (Å²) in [5, 5.41) is 0. The minimum Gasteiger partial charge on any atom is -0.494 e. The summed E-state index contributed by atoms with van der Waals surface area (Å²) in [4.78, 5) is 2.43. The van der Waals surface area contributed by atoms with E-state index < -0.39 is 0 Å². The number of nitrogens with two attached hydrogens (primary N) is 1. The van der Waals surface area contributed by atoms with Gasteiger partial charge in [-0.3, -0.25) is 4.90 Å². The van der Waals surface area contributed by atoms with Gasteiger partial charge in [0, 0.05) is 13.1 Å². The Balaban J connectivity index is 2.21. The summed E-state index contributed by atoms with van der Waals surface area (Å²) in [7, 11) is 0. The highest BCUT2D eigenvalue weighted by molar-refractivity contribution is 5.31. The zero-order valence-corrected chi connectivity index (χ0v) is 12.5. The number of benzene rings is 1. The fourth-order valence-electron chi connectivity index (χ4n) is 2.77. The number of likely N-dealkylation sites (N-methyl/N-ethyl adjacent to an activating group) is 1. The minimum absolute atomic E-state index is 0.0603. The lowest BCUT2D eigenvalue weighted by Crippen LogP contribution is -2.48. The van der Waals surface area contributed by atoms with Crippen molar-refractivity contribution in [1.82, 2.24) is 4.90 Å². The highest BCUT2D eigenvalue weighted by atomic mass is 16.5. The summed E-state index contributed by atoms with van der Waals surface area (Å²) in [6, 6.07) is 8.56. The van der Waals surface area contributed by atoms with Gasteiger partial charge in [0.05, 0.1) is 25.4 Å². The second-order valence-electron chi connectivity index (χ2n) is 5.14. The predicted molar refractivity (Wildman–Crippen MR) is 81.0 cm³/mol. The Labute approximate surface area is 121 Å². The Hall–Kier alpha value is -1.10. The predicted octanol–water partition coefficient (Wildman–Crippen LogP) is 2.20. The number of morpholine rings is 1. The van der Waals surface area contributed by atoms with E-state index in [0.29, 0.717) is 6.54 Å². The molecule has 112 valence electrons. The molecule has 0 amide bonds. The maximum absolute atomic E-state index is 5.88.